The van der Waals surface area contributed by atoms with Crippen LogP contribution in [0.15, 0.2) is 35.9 Å². The number of H-pyrrole nitrogens is 1. The maximum Gasteiger partial charge on any atom is 0.331 e. The molecule has 5 aliphatic rings. The van der Waals surface area contributed by atoms with Gasteiger partial charge in [0.2, 0.25) is 0 Å². The molecule has 2 saturated carbocycles. The van der Waals surface area contributed by atoms with Crippen LogP contribution in [0.3, 0.4) is 0 Å². The van der Waals surface area contributed by atoms with Crippen LogP contribution in [0.1, 0.15) is 58.2 Å². The quantitative estimate of drug-likeness (QED) is 0.596. The summed E-state index contributed by atoms with van der Waals surface area (Å²) in [5, 5.41) is 14.3. The number of hydrogen-bond donors (Lipinski definition) is 2. The Morgan fingerprint density at radius 2 is 1.95 bits per heavy atom. The van der Waals surface area contributed by atoms with E-state index in [1.165, 1.54) is 18.1 Å². The molecule has 8 heteroatoms. The number of methoxy groups -OCH3 is 1. The number of aromatic nitrogens is 1. The molecule has 38 heavy (non-hydrogen) atoms. The third-order valence-corrected chi connectivity index (χ3v) is 10.9. The first-order valence-corrected chi connectivity index (χ1v) is 13.6. The minimum Gasteiger partial charge on any atom is -0.467 e. The molecule has 1 aromatic carbocycles. The topological polar surface area (TPSA) is 107 Å². The van der Waals surface area contributed by atoms with Crippen molar-refractivity contribution in [3.05, 3.63) is 47.2 Å². The summed E-state index contributed by atoms with van der Waals surface area (Å²) < 4.78 is 24.0. The number of rotatable bonds is 3. The van der Waals surface area contributed by atoms with Gasteiger partial charge in [-0.1, -0.05) is 32.0 Å². The molecule has 2 aliphatic heterocycles. The number of aliphatic hydroxyl groups is 1. The van der Waals surface area contributed by atoms with Gasteiger partial charge in [-0.05, 0) is 56.7 Å². The van der Waals surface area contributed by atoms with E-state index in [2.05, 4.69) is 37.0 Å². The minimum atomic E-state index is -1.63. The van der Waals surface area contributed by atoms with Crippen LogP contribution in [0.4, 0.5) is 0 Å². The Labute approximate surface area is 221 Å². The second-order valence-electron chi connectivity index (χ2n) is 12.8. The molecule has 7 rings (SSSR count). The van der Waals surface area contributed by atoms with Crippen LogP contribution in [0.5, 0.6) is 0 Å². The monoisotopic (exact) mass is 521 g/mol. The molecule has 1 unspecified atom stereocenters. The van der Waals surface area contributed by atoms with Crippen molar-refractivity contribution in [3.8, 4) is 0 Å². The molecular weight excluding hydrogens is 486 g/mol. The van der Waals surface area contributed by atoms with E-state index in [1.54, 1.807) is 6.08 Å². The van der Waals surface area contributed by atoms with E-state index >= 15 is 0 Å². The first-order chi connectivity index (χ1) is 17.9. The predicted molar refractivity (Wildman–Crippen MR) is 137 cm³/mol. The van der Waals surface area contributed by atoms with Gasteiger partial charge in [-0.3, -0.25) is 4.79 Å². The van der Waals surface area contributed by atoms with Crippen LogP contribution in [0.25, 0.3) is 10.9 Å². The van der Waals surface area contributed by atoms with E-state index < -0.39 is 46.0 Å². The van der Waals surface area contributed by atoms with Crippen molar-refractivity contribution < 1.29 is 33.6 Å². The summed E-state index contributed by atoms with van der Waals surface area (Å²) >= 11 is 0. The van der Waals surface area contributed by atoms with Gasteiger partial charge in [0, 0.05) is 39.4 Å². The summed E-state index contributed by atoms with van der Waals surface area (Å²) in [7, 11) is 1.32. The molecule has 8 nitrogen and oxygen atoms in total. The van der Waals surface area contributed by atoms with Gasteiger partial charge in [0.25, 0.3) is 0 Å². The number of benzene rings is 1. The molecule has 2 aromatic rings. The zero-order valence-electron chi connectivity index (χ0n) is 22.6. The summed E-state index contributed by atoms with van der Waals surface area (Å²) in [4.78, 5) is 29.3. The maximum atomic E-state index is 13.4. The molecule has 1 aromatic heterocycles. The molecule has 0 radical (unpaired) electrons. The fraction of sp³-hybridized carbons (Fsp3) is 0.600. The number of nitrogens with one attached hydrogen (secondary N) is 1. The van der Waals surface area contributed by atoms with Gasteiger partial charge in [0.05, 0.1) is 13.2 Å². The van der Waals surface area contributed by atoms with Crippen molar-refractivity contribution >= 4 is 22.7 Å². The molecular formula is C30H35NO7. The third-order valence-electron chi connectivity index (χ3n) is 10.9. The molecule has 202 valence electrons. The fourth-order valence-corrected chi connectivity index (χ4v) is 8.81. The number of carbonyl (C=O) groups is 2. The van der Waals surface area contributed by atoms with Crippen LogP contribution in [0, 0.1) is 11.3 Å². The Morgan fingerprint density at radius 3 is 2.71 bits per heavy atom. The van der Waals surface area contributed by atoms with Gasteiger partial charge < -0.3 is 29.0 Å². The zero-order chi connectivity index (χ0) is 26.9. The summed E-state index contributed by atoms with van der Waals surface area (Å²) in [6.45, 7) is 7.78. The largest absolute Gasteiger partial charge is 0.467 e. The van der Waals surface area contributed by atoms with Crippen molar-refractivity contribution in [1.82, 2.24) is 4.98 Å². The second-order valence-corrected chi connectivity index (χ2v) is 12.8. The van der Waals surface area contributed by atoms with Crippen molar-refractivity contribution in [2.45, 2.75) is 88.0 Å². The van der Waals surface area contributed by atoms with Crippen LogP contribution >= 0.6 is 0 Å². The Morgan fingerprint density at radius 1 is 1.18 bits per heavy atom. The smallest absolute Gasteiger partial charge is 0.331 e. The zero-order valence-corrected chi connectivity index (χ0v) is 22.6. The highest BCUT2D eigenvalue weighted by molar-refractivity contribution is 5.97. The second kappa shape index (κ2) is 7.36. The van der Waals surface area contributed by atoms with Gasteiger partial charge in [0.1, 0.15) is 17.8 Å². The van der Waals surface area contributed by atoms with Crippen LogP contribution in [0.2, 0.25) is 0 Å². The number of aromatic amines is 1. The van der Waals surface area contributed by atoms with Crippen LogP contribution in [-0.4, -0.2) is 64.8 Å². The van der Waals surface area contributed by atoms with Crippen LogP contribution < -0.4 is 0 Å². The Bertz CT molecular complexity index is 1420. The van der Waals surface area contributed by atoms with E-state index in [-0.39, 0.29) is 18.3 Å². The van der Waals surface area contributed by atoms with Gasteiger partial charge >= 0.3 is 5.97 Å². The summed E-state index contributed by atoms with van der Waals surface area (Å²) in [6.07, 6.45) is 2.50. The van der Waals surface area contributed by atoms with Gasteiger partial charge in [-0.25, -0.2) is 4.79 Å². The Hall–Kier alpha value is -2.52. The first-order valence-electron chi connectivity index (χ1n) is 13.6. The van der Waals surface area contributed by atoms with Crippen molar-refractivity contribution in [2.75, 3.05) is 13.7 Å². The summed E-state index contributed by atoms with van der Waals surface area (Å²) in [5.74, 6) is -1.79. The number of para-hydroxylation sites is 1. The summed E-state index contributed by atoms with van der Waals surface area (Å²) in [5.41, 5.74) is 0.224. The number of ketones is 1. The molecule has 2 bridgehead atoms. The lowest BCUT2D eigenvalue weighted by molar-refractivity contribution is -0.280. The molecule has 3 aliphatic carbocycles. The third kappa shape index (κ3) is 2.65. The molecule has 7 atom stereocenters. The van der Waals surface area contributed by atoms with E-state index in [0.29, 0.717) is 24.8 Å². The van der Waals surface area contributed by atoms with E-state index in [0.717, 1.165) is 17.6 Å². The fourth-order valence-electron chi connectivity index (χ4n) is 8.81. The van der Waals surface area contributed by atoms with E-state index in [1.807, 2.05) is 19.9 Å². The molecule has 3 heterocycles. The average molecular weight is 522 g/mol. The SMILES string of the molecule is COC(=O)CO[C@H]1C[C@H]2Cc3c([nH]c4ccccc34)[C@]2(C)[C@@]2(C)CCC34O[C@@H](C(=O)C=C3[C@]12O)C(C)(C)O4. The molecule has 2 N–H and O–H groups in total. The molecule has 1 saturated heterocycles. The molecule has 1 spiro atoms. The van der Waals surface area contributed by atoms with E-state index in [9.17, 15) is 14.7 Å². The normalized spacial score (nSPS) is 42.2. The molecule has 0 amide bonds. The number of ether oxygens (including phenoxy) is 4. The van der Waals surface area contributed by atoms with Crippen molar-refractivity contribution in [2.24, 2.45) is 11.3 Å². The van der Waals surface area contributed by atoms with Gasteiger partial charge in [0.15, 0.2) is 17.7 Å². The van der Waals surface area contributed by atoms with Gasteiger partial charge in [-0.2, -0.15) is 0 Å². The van der Waals surface area contributed by atoms with Crippen molar-refractivity contribution in [1.29, 1.82) is 0 Å². The minimum absolute atomic E-state index is 0.157. The lowest BCUT2D eigenvalue weighted by atomic mass is 9.41. The highest BCUT2D eigenvalue weighted by atomic mass is 16.8. The lowest BCUT2D eigenvalue weighted by Crippen LogP contribution is -2.74. The standard InChI is InChI=1S/C30H35NO7/c1-26(2)25-20(32)14-21-29(37-25,38-26)11-10-27(3)28(4)16(13-22(30(21,27)34)36-15-23(33)35-5)12-18-17-8-6-7-9-19(17)31-24(18)28/h6-9,14,16,22,25,31,34H,10-13,15H2,1-5H3/t16-,22+,25+,27-,28-,29?,30+/m1/s1. The van der Waals surface area contributed by atoms with Gasteiger partial charge in [-0.15, -0.1) is 0 Å². The Kier molecular flexibility index (Phi) is 4.75. The summed E-state index contributed by atoms with van der Waals surface area (Å²) in [6, 6.07) is 8.31. The number of fused-ring (bicyclic) bond motifs is 9. The maximum absolute atomic E-state index is 13.4. The number of carbonyl (C=O) groups excluding carboxylic acids is 2. The number of esters is 1. The number of hydrogen-bond acceptors (Lipinski definition) is 7. The lowest BCUT2D eigenvalue weighted by Gasteiger charge is -2.67. The van der Waals surface area contributed by atoms with Crippen LogP contribution in [-0.2, 0) is 40.4 Å². The highest BCUT2D eigenvalue weighted by Crippen LogP contribution is 2.72. The highest BCUT2D eigenvalue weighted by Gasteiger charge is 2.78. The first kappa shape index (κ1) is 24.5. The molecule has 3 fully saturated rings. The van der Waals surface area contributed by atoms with Crippen molar-refractivity contribution in [3.63, 3.8) is 0 Å². The Balaban J connectivity index is 1.43. The average Bonchev–Trinajstić information content (AvgIpc) is 3.47. The predicted octanol–water partition coefficient (Wildman–Crippen LogP) is 3.49. The van der Waals surface area contributed by atoms with E-state index in [4.69, 9.17) is 18.9 Å².